The number of nitrogens with zero attached hydrogens (tertiary/aromatic N) is 4. The summed E-state index contributed by atoms with van der Waals surface area (Å²) in [7, 11) is 0. The molecule has 4 nitrogen and oxygen atoms in total. The third-order valence-electron chi connectivity index (χ3n) is 4.96. The van der Waals surface area contributed by atoms with Gasteiger partial charge in [-0.3, -0.25) is 0 Å². The fourth-order valence-electron chi connectivity index (χ4n) is 3.90. The molecule has 0 saturated heterocycles. The van der Waals surface area contributed by atoms with E-state index in [2.05, 4.69) is 28.2 Å². The van der Waals surface area contributed by atoms with Gasteiger partial charge in [0.05, 0.1) is 11.6 Å². The van der Waals surface area contributed by atoms with Crippen LogP contribution in [0.25, 0.3) is 11.2 Å². The number of alkyl halides is 1. The zero-order valence-electron chi connectivity index (χ0n) is 13.3. The predicted molar refractivity (Wildman–Crippen MR) is 86.8 cm³/mol. The van der Waals surface area contributed by atoms with Crippen molar-refractivity contribution >= 4 is 22.8 Å². The third-order valence-corrected chi connectivity index (χ3v) is 5.20. The number of hydrogen-bond acceptors (Lipinski definition) is 2. The van der Waals surface area contributed by atoms with Crippen LogP contribution in [0.2, 0.25) is 0 Å². The van der Waals surface area contributed by atoms with Crippen LogP contribution in [0.1, 0.15) is 63.5 Å². The fraction of sp³-hybridized carbons (Fsp3) is 0.750. The molecule has 2 heterocycles. The molecule has 5 heteroatoms. The summed E-state index contributed by atoms with van der Waals surface area (Å²) in [5.74, 6) is 2.23. The Hall–Kier alpha value is -1.03. The molecule has 3 rings (SSSR count). The molecule has 2 atom stereocenters. The van der Waals surface area contributed by atoms with Crippen LogP contribution in [0.3, 0.4) is 0 Å². The highest BCUT2D eigenvalue weighted by Crippen LogP contribution is 2.39. The molecule has 21 heavy (non-hydrogen) atoms. The number of fused-ring (bicyclic) bond motifs is 1. The Kier molecular flexibility index (Phi) is 4.25. The second-order valence-corrected chi connectivity index (χ2v) is 6.39. The molecule has 1 aliphatic carbocycles. The van der Waals surface area contributed by atoms with Crippen LogP contribution in [0.15, 0.2) is 0 Å². The Morgan fingerprint density at radius 3 is 2.67 bits per heavy atom. The molecule has 0 amide bonds. The van der Waals surface area contributed by atoms with E-state index in [4.69, 9.17) is 16.6 Å². The van der Waals surface area contributed by atoms with E-state index < -0.39 is 0 Å². The van der Waals surface area contributed by atoms with E-state index in [1.807, 2.05) is 6.92 Å². The lowest BCUT2D eigenvalue weighted by Gasteiger charge is -2.33. The normalized spacial score (nSPS) is 23.0. The van der Waals surface area contributed by atoms with E-state index in [-0.39, 0.29) is 0 Å². The van der Waals surface area contributed by atoms with Gasteiger partial charge in [0.1, 0.15) is 11.3 Å². The maximum absolute atomic E-state index is 6.21. The minimum Gasteiger partial charge on any atom is -0.308 e. The Morgan fingerprint density at radius 2 is 2.00 bits per heavy atom. The van der Waals surface area contributed by atoms with E-state index in [9.17, 15) is 0 Å². The average molecular weight is 309 g/mol. The maximum Gasteiger partial charge on any atom is 0.159 e. The third kappa shape index (κ3) is 2.37. The van der Waals surface area contributed by atoms with Gasteiger partial charge in [0.15, 0.2) is 5.65 Å². The minimum absolute atomic E-state index is 0.477. The van der Waals surface area contributed by atoms with Crippen LogP contribution in [0, 0.1) is 12.8 Å². The fourth-order valence-corrected chi connectivity index (χ4v) is 4.09. The molecule has 0 radical (unpaired) electrons. The first-order valence-electron chi connectivity index (χ1n) is 8.21. The number of hydrogen-bond donors (Lipinski definition) is 0. The monoisotopic (exact) mass is 308 g/mol. The van der Waals surface area contributed by atoms with Gasteiger partial charge in [-0.1, -0.05) is 26.2 Å². The van der Waals surface area contributed by atoms with E-state index in [1.54, 1.807) is 0 Å². The topological polar surface area (TPSA) is 35.6 Å². The highest BCUT2D eigenvalue weighted by Gasteiger charge is 2.30. The molecule has 1 aliphatic rings. The molecular weight excluding hydrogens is 284 g/mol. The highest BCUT2D eigenvalue weighted by atomic mass is 35.5. The quantitative estimate of drug-likeness (QED) is 0.783. The molecule has 2 unspecified atom stereocenters. The smallest absolute Gasteiger partial charge is 0.159 e. The van der Waals surface area contributed by atoms with Gasteiger partial charge in [-0.15, -0.1) is 11.6 Å². The van der Waals surface area contributed by atoms with Gasteiger partial charge >= 0.3 is 0 Å². The van der Waals surface area contributed by atoms with Gasteiger partial charge in [0, 0.05) is 12.6 Å². The minimum atomic E-state index is 0.477. The van der Waals surface area contributed by atoms with Crippen LogP contribution in [-0.4, -0.2) is 19.3 Å². The summed E-state index contributed by atoms with van der Waals surface area (Å²) >= 11 is 6.21. The van der Waals surface area contributed by atoms with Crippen LogP contribution in [-0.2, 0) is 12.4 Å². The molecule has 1 saturated carbocycles. The van der Waals surface area contributed by atoms with Crippen molar-refractivity contribution in [3.63, 3.8) is 0 Å². The largest absolute Gasteiger partial charge is 0.308 e. The Morgan fingerprint density at radius 1 is 1.24 bits per heavy atom. The second-order valence-electron chi connectivity index (χ2n) is 6.13. The molecule has 1 fully saturated rings. The predicted octanol–water partition coefficient (Wildman–Crippen LogP) is 4.44. The molecular formula is C16H25ClN4. The van der Waals surface area contributed by atoms with E-state index in [1.165, 1.54) is 37.8 Å². The van der Waals surface area contributed by atoms with Gasteiger partial charge in [-0.2, -0.15) is 5.10 Å². The molecule has 2 aromatic heterocycles. The van der Waals surface area contributed by atoms with E-state index in [0.717, 1.165) is 29.5 Å². The highest BCUT2D eigenvalue weighted by molar-refractivity contribution is 6.16. The summed E-state index contributed by atoms with van der Waals surface area (Å²) in [5.41, 5.74) is 3.23. The number of halogens is 1. The summed E-state index contributed by atoms with van der Waals surface area (Å²) in [4.78, 5) is 4.79. The molecule has 2 aromatic rings. The SMILES string of the molecule is CCC1CCCCC1n1c(CCl)nc2c(C)nn(CC)c21. The lowest BCUT2D eigenvalue weighted by Crippen LogP contribution is -2.25. The Bertz CT molecular complexity index is 628. The second kappa shape index (κ2) is 5.99. The molecule has 0 aliphatic heterocycles. The van der Waals surface area contributed by atoms with E-state index >= 15 is 0 Å². The zero-order chi connectivity index (χ0) is 15.0. The average Bonchev–Trinajstić information content (AvgIpc) is 3.04. The lowest BCUT2D eigenvalue weighted by atomic mass is 9.82. The van der Waals surface area contributed by atoms with Crippen molar-refractivity contribution in [2.24, 2.45) is 5.92 Å². The van der Waals surface area contributed by atoms with Gasteiger partial charge in [0.2, 0.25) is 0 Å². The van der Waals surface area contributed by atoms with Crippen LogP contribution < -0.4 is 0 Å². The van der Waals surface area contributed by atoms with Crippen molar-refractivity contribution in [2.75, 3.05) is 0 Å². The van der Waals surface area contributed by atoms with Crippen molar-refractivity contribution in [1.29, 1.82) is 0 Å². The first-order valence-corrected chi connectivity index (χ1v) is 8.74. The number of imidazole rings is 1. The Labute approximate surface area is 131 Å². The summed E-state index contributed by atoms with van der Waals surface area (Å²) in [6, 6.07) is 0.531. The summed E-state index contributed by atoms with van der Waals surface area (Å²) < 4.78 is 4.51. The van der Waals surface area contributed by atoms with Crippen molar-refractivity contribution in [1.82, 2.24) is 19.3 Å². The number of aryl methyl sites for hydroxylation is 2. The van der Waals surface area contributed by atoms with Gasteiger partial charge in [0.25, 0.3) is 0 Å². The maximum atomic E-state index is 6.21. The summed E-state index contributed by atoms with van der Waals surface area (Å²) in [6.45, 7) is 7.37. The molecule has 0 bridgehead atoms. The van der Waals surface area contributed by atoms with Crippen molar-refractivity contribution < 1.29 is 0 Å². The number of rotatable bonds is 4. The molecule has 0 N–H and O–H groups in total. The van der Waals surface area contributed by atoms with Gasteiger partial charge in [-0.25, -0.2) is 9.67 Å². The standard InChI is InChI=1S/C16H25ClN4/c1-4-12-8-6-7-9-13(12)21-14(10-17)18-15-11(3)19-20(5-2)16(15)21/h12-13H,4-10H2,1-3H3. The van der Waals surface area contributed by atoms with Gasteiger partial charge < -0.3 is 4.57 Å². The van der Waals surface area contributed by atoms with Crippen LogP contribution >= 0.6 is 11.6 Å². The molecule has 0 spiro atoms. The lowest BCUT2D eigenvalue weighted by molar-refractivity contribution is 0.232. The molecule has 0 aromatic carbocycles. The first-order chi connectivity index (χ1) is 10.2. The number of aromatic nitrogens is 4. The van der Waals surface area contributed by atoms with Crippen molar-refractivity contribution in [3.05, 3.63) is 11.5 Å². The van der Waals surface area contributed by atoms with Crippen LogP contribution in [0.4, 0.5) is 0 Å². The molecule has 116 valence electrons. The van der Waals surface area contributed by atoms with Crippen LogP contribution in [0.5, 0.6) is 0 Å². The zero-order valence-corrected chi connectivity index (χ0v) is 14.0. The summed E-state index contributed by atoms with van der Waals surface area (Å²) in [6.07, 6.45) is 6.45. The Balaban J connectivity index is 2.19. The van der Waals surface area contributed by atoms with Crippen molar-refractivity contribution in [2.45, 2.75) is 71.3 Å². The summed E-state index contributed by atoms with van der Waals surface area (Å²) in [5, 5.41) is 4.64. The van der Waals surface area contributed by atoms with E-state index in [0.29, 0.717) is 11.9 Å². The van der Waals surface area contributed by atoms with Crippen molar-refractivity contribution in [3.8, 4) is 0 Å². The first kappa shape index (κ1) is 14.9. The van der Waals surface area contributed by atoms with Gasteiger partial charge in [-0.05, 0) is 32.6 Å².